The number of ether oxygens (including phenoxy) is 1. The third-order valence-corrected chi connectivity index (χ3v) is 4.83. The molecule has 1 amide bonds. The monoisotopic (exact) mass is 352 g/mol. The van der Waals surface area contributed by atoms with E-state index in [1.165, 1.54) is 25.8 Å². The second-order valence-corrected chi connectivity index (χ2v) is 6.85. The normalized spacial score (nSPS) is 22.3. The van der Waals surface area contributed by atoms with Crippen LogP contribution in [0.15, 0.2) is 22.7 Å². The van der Waals surface area contributed by atoms with Gasteiger partial charge < -0.3 is 15.0 Å². The maximum Gasteiger partial charge on any atom is 0.255 e. The lowest BCUT2D eigenvalue weighted by Crippen LogP contribution is -2.31. The van der Waals surface area contributed by atoms with Gasteiger partial charge in [-0.1, -0.05) is 15.9 Å². The third-order valence-electron chi connectivity index (χ3n) is 4.34. The largest absolute Gasteiger partial charge is 0.496 e. The van der Waals surface area contributed by atoms with Gasteiger partial charge in [-0.3, -0.25) is 4.79 Å². The number of nitrogens with zero attached hydrogens (tertiary/aromatic N) is 1. The quantitative estimate of drug-likeness (QED) is 0.885. The number of methoxy groups -OCH3 is 1. The number of carbonyl (C=O) groups excluding carboxylic acids is 1. The van der Waals surface area contributed by atoms with Crippen LogP contribution in [0.1, 0.15) is 29.6 Å². The zero-order chi connectivity index (χ0) is 14.8. The van der Waals surface area contributed by atoms with Crippen LogP contribution in [0.25, 0.3) is 0 Å². The number of halogens is 1. The molecule has 1 aromatic rings. The van der Waals surface area contributed by atoms with Gasteiger partial charge in [0.05, 0.1) is 12.7 Å². The fourth-order valence-corrected chi connectivity index (χ4v) is 3.33. The van der Waals surface area contributed by atoms with E-state index >= 15 is 0 Å². The molecular weight excluding hydrogens is 332 g/mol. The highest BCUT2D eigenvalue weighted by molar-refractivity contribution is 9.10. The summed E-state index contributed by atoms with van der Waals surface area (Å²) in [4.78, 5) is 14.9. The number of hydrogen-bond acceptors (Lipinski definition) is 3. The highest BCUT2D eigenvalue weighted by Gasteiger charge is 2.34. The molecule has 0 bridgehead atoms. The third kappa shape index (κ3) is 3.58. The summed E-state index contributed by atoms with van der Waals surface area (Å²) in [7, 11) is 1.59. The van der Waals surface area contributed by atoms with Crippen LogP contribution in [0.3, 0.4) is 0 Å². The van der Waals surface area contributed by atoms with Gasteiger partial charge in [0.1, 0.15) is 5.75 Å². The Balaban J connectivity index is 1.54. The van der Waals surface area contributed by atoms with Gasteiger partial charge in [-0.15, -0.1) is 0 Å². The van der Waals surface area contributed by atoms with E-state index in [2.05, 4.69) is 26.1 Å². The molecule has 1 saturated carbocycles. The first-order chi connectivity index (χ1) is 10.2. The number of amides is 1. The average Bonchev–Trinajstić information content (AvgIpc) is 3.23. The lowest BCUT2D eigenvalue weighted by atomic mass is 10.1. The van der Waals surface area contributed by atoms with Crippen molar-refractivity contribution in [3.63, 3.8) is 0 Å². The average molecular weight is 353 g/mol. The lowest BCUT2D eigenvalue weighted by Gasteiger charge is -2.15. The fraction of sp³-hybridized carbons (Fsp3) is 0.562. The molecule has 5 heteroatoms. The number of hydrogen-bond donors (Lipinski definition) is 1. The van der Waals surface area contributed by atoms with Gasteiger partial charge in [0, 0.05) is 23.6 Å². The first-order valence-electron chi connectivity index (χ1n) is 7.53. The molecule has 1 unspecified atom stereocenters. The molecule has 3 rings (SSSR count). The van der Waals surface area contributed by atoms with Crippen LogP contribution >= 0.6 is 15.9 Å². The number of carbonyl (C=O) groups is 1. The van der Waals surface area contributed by atoms with Crippen molar-refractivity contribution >= 4 is 21.8 Å². The topological polar surface area (TPSA) is 41.6 Å². The van der Waals surface area contributed by atoms with Crippen LogP contribution in [0.2, 0.25) is 0 Å². The molecule has 114 valence electrons. The van der Waals surface area contributed by atoms with E-state index in [1.807, 2.05) is 12.1 Å². The molecule has 1 aromatic carbocycles. The number of benzene rings is 1. The first-order valence-corrected chi connectivity index (χ1v) is 8.32. The smallest absolute Gasteiger partial charge is 0.255 e. The summed E-state index contributed by atoms with van der Waals surface area (Å²) in [6.45, 7) is 3.07. The van der Waals surface area contributed by atoms with Gasteiger partial charge in [-0.25, -0.2) is 0 Å². The van der Waals surface area contributed by atoms with Crippen molar-refractivity contribution in [2.75, 3.05) is 26.7 Å². The Morgan fingerprint density at radius 1 is 1.43 bits per heavy atom. The minimum atomic E-state index is -0.0516. The van der Waals surface area contributed by atoms with Crippen molar-refractivity contribution in [3.8, 4) is 5.75 Å². The summed E-state index contributed by atoms with van der Waals surface area (Å²) in [6, 6.07) is 6.31. The summed E-state index contributed by atoms with van der Waals surface area (Å²) < 4.78 is 6.19. The minimum Gasteiger partial charge on any atom is -0.496 e. The van der Waals surface area contributed by atoms with Crippen molar-refractivity contribution in [3.05, 3.63) is 28.2 Å². The Kier molecular flexibility index (Phi) is 4.50. The van der Waals surface area contributed by atoms with Crippen LogP contribution in [-0.2, 0) is 0 Å². The Morgan fingerprint density at radius 2 is 2.24 bits per heavy atom. The Morgan fingerprint density at radius 3 is 2.95 bits per heavy atom. The lowest BCUT2D eigenvalue weighted by molar-refractivity contribution is 0.0944. The van der Waals surface area contributed by atoms with Crippen molar-refractivity contribution in [1.29, 1.82) is 0 Å². The Labute approximate surface area is 134 Å². The number of likely N-dealkylation sites (tertiary alicyclic amines) is 1. The highest BCUT2D eigenvalue weighted by Crippen LogP contribution is 2.31. The van der Waals surface area contributed by atoms with E-state index in [4.69, 9.17) is 4.74 Å². The molecule has 1 aliphatic heterocycles. The molecule has 0 radical (unpaired) electrons. The summed E-state index contributed by atoms with van der Waals surface area (Å²) >= 11 is 3.39. The molecule has 1 saturated heterocycles. The maximum absolute atomic E-state index is 12.3. The van der Waals surface area contributed by atoms with Crippen molar-refractivity contribution in [2.24, 2.45) is 5.92 Å². The standard InChI is InChI=1S/C16H21BrN2O2/c1-21-15-8-12(17)2-5-14(15)16(20)18-9-11-6-7-19(10-11)13-3-4-13/h2,5,8,11,13H,3-4,6-7,9-10H2,1H3,(H,18,20). The van der Waals surface area contributed by atoms with Crippen LogP contribution in [0.5, 0.6) is 5.75 Å². The highest BCUT2D eigenvalue weighted by atomic mass is 79.9. The van der Waals surface area contributed by atoms with Crippen molar-refractivity contribution < 1.29 is 9.53 Å². The molecule has 4 nitrogen and oxygen atoms in total. The van der Waals surface area contributed by atoms with Crippen LogP contribution < -0.4 is 10.1 Å². The van der Waals surface area contributed by atoms with Gasteiger partial charge in [0.2, 0.25) is 0 Å². The zero-order valence-corrected chi connectivity index (χ0v) is 13.9. The summed E-state index contributed by atoms with van der Waals surface area (Å²) in [5.74, 6) is 1.13. The zero-order valence-electron chi connectivity index (χ0n) is 12.3. The Hall–Kier alpha value is -1.07. The molecule has 1 heterocycles. The molecule has 1 N–H and O–H groups in total. The van der Waals surface area contributed by atoms with E-state index in [1.54, 1.807) is 13.2 Å². The molecule has 1 atom stereocenters. The number of rotatable bonds is 5. The predicted octanol–water partition coefficient (Wildman–Crippen LogP) is 2.67. The van der Waals surface area contributed by atoms with E-state index in [-0.39, 0.29) is 5.91 Å². The van der Waals surface area contributed by atoms with E-state index < -0.39 is 0 Å². The minimum absolute atomic E-state index is 0.0516. The molecule has 0 spiro atoms. The second-order valence-electron chi connectivity index (χ2n) is 5.94. The van der Waals surface area contributed by atoms with E-state index in [0.717, 1.165) is 23.6 Å². The first kappa shape index (κ1) is 14.9. The molecule has 0 aromatic heterocycles. The van der Waals surface area contributed by atoms with E-state index in [0.29, 0.717) is 17.2 Å². The summed E-state index contributed by atoms with van der Waals surface area (Å²) in [5.41, 5.74) is 0.595. The molecule has 2 aliphatic rings. The Bertz CT molecular complexity index is 531. The van der Waals surface area contributed by atoms with Gasteiger partial charge >= 0.3 is 0 Å². The van der Waals surface area contributed by atoms with Crippen LogP contribution in [0, 0.1) is 5.92 Å². The van der Waals surface area contributed by atoms with Gasteiger partial charge in [0.25, 0.3) is 5.91 Å². The predicted molar refractivity (Wildman–Crippen MR) is 85.7 cm³/mol. The van der Waals surface area contributed by atoms with Crippen molar-refractivity contribution in [2.45, 2.75) is 25.3 Å². The van der Waals surface area contributed by atoms with Gasteiger partial charge in [0.15, 0.2) is 0 Å². The SMILES string of the molecule is COc1cc(Br)ccc1C(=O)NCC1CCN(C2CC2)C1. The second kappa shape index (κ2) is 6.36. The number of nitrogens with one attached hydrogen (secondary N) is 1. The van der Waals surface area contributed by atoms with E-state index in [9.17, 15) is 4.79 Å². The van der Waals surface area contributed by atoms with Gasteiger partial charge in [-0.2, -0.15) is 0 Å². The molecule has 1 aliphatic carbocycles. The summed E-state index contributed by atoms with van der Waals surface area (Å²) in [5, 5.41) is 3.05. The molecular formula is C16H21BrN2O2. The summed E-state index contributed by atoms with van der Waals surface area (Å²) in [6.07, 6.45) is 3.90. The van der Waals surface area contributed by atoms with Gasteiger partial charge in [-0.05, 0) is 49.9 Å². The van der Waals surface area contributed by atoms with Crippen molar-refractivity contribution in [1.82, 2.24) is 10.2 Å². The molecule has 21 heavy (non-hydrogen) atoms. The van der Waals surface area contributed by atoms with Crippen LogP contribution in [-0.4, -0.2) is 43.6 Å². The fourth-order valence-electron chi connectivity index (χ4n) is 2.99. The molecule has 2 fully saturated rings. The van der Waals surface area contributed by atoms with Crippen LogP contribution in [0.4, 0.5) is 0 Å². The maximum atomic E-state index is 12.3.